The van der Waals surface area contributed by atoms with Crippen LogP contribution >= 0.6 is 0 Å². The van der Waals surface area contributed by atoms with Crippen LogP contribution in [0.3, 0.4) is 0 Å². The monoisotopic (exact) mass is 267 g/mol. The van der Waals surface area contributed by atoms with Crippen molar-refractivity contribution in [2.24, 2.45) is 0 Å². The molecule has 18 heavy (non-hydrogen) atoms. The van der Waals surface area contributed by atoms with Crippen LogP contribution in [0.15, 0.2) is 41.3 Å². The van der Waals surface area contributed by atoms with Crippen LogP contribution in [0.4, 0.5) is 8.78 Å². The van der Waals surface area contributed by atoms with Gasteiger partial charge in [-0.2, -0.15) is 0 Å². The van der Waals surface area contributed by atoms with Gasteiger partial charge >= 0.3 is 0 Å². The van der Waals surface area contributed by atoms with Crippen molar-refractivity contribution in [1.29, 1.82) is 0 Å². The number of hydrogen-bond donors (Lipinski definition) is 0. The van der Waals surface area contributed by atoms with Crippen molar-refractivity contribution < 1.29 is 17.2 Å². The van der Waals surface area contributed by atoms with Crippen LogP contribution in [-0.4, -0.2) is 14.7 Å². The van der Waals surface area contributed by atoms with E-state index in [1.807, 2.05) is 0 Å². The van der Waals surface area contributed by atoms with Gasteiger partial charge in [-0.3, -0.25) is 0 Å². The molecule has 0 atom stereocenters. The quantitative estimate of drug-likeness (QED) is 0.838. The maximum Gasteiger partial charge on any atom is 0.176 e. The lowest BCUT2D eigenvalue weighted by Gasteiger charge is -2.07. The Balaban J connectivity index is 2.72. The molecule has 0 spiro atoms. The highest BCUT2D eigenvalue weighted by atomic mass is 32.2. The van der Waals surface area contributed by atoms with Crippen LogP contribution in [-0.2, 0) is 9.84 Å². The Labute approximate surface area is 104 Å². The SMILES string of the molecule is CS(=O)(=O)c1ccc[c]c1-c1cc(F)cc(F)c1. The van der Waals surface area contributed by atoms with Crippen LogP contribution in [0.25, 0.3) is 11.1 Å². The summed E-state index contributed by atoms with van der Waals surface area (Å²) in [6.45, 7) is 0. The molecular weight excluding hydrogens is 258 g/mol. The molecular formula is C13H9F2O2S. The van der Waals surface area contributed by atoms with Gasteiger partial charge in [-0.1, -0.05) is 12.1 Å². The van der Waals surface area contributed by atoms with E-state index in [1.165, 1.54) is 18.2 Å². The predicted octanol–water partition coefficient (Wildman–Crippen LogP) is 2.84. The molecule has 1 radical (unpaired) electrons. The Kier molecular flexibility index (Phi) is 3.17. The summed E-state index contributed by atoms with van der Waals surface area (Å²) >= 11 is 0. The first-order chi connectivity index (χ1) is 8.38. The first kappa shape index (κ1) is 12.7. The van der Waals surface area contributed by atoms with Gasteiger partial charge in [0.15, 0.2) is 9.84 Å². The van der Waals surface area contributed by atoms with Gasteiger partial charge in [0.25, 0.3) is 0 Å². The van der Waals surface area contributed by atoms with E-state index in [1.54, 1.807) is 0 Å². The molecule has 0 aliphatic heterocycles. The molecule has 0 unspecified atom stereocenters. The van der Waals surface area contributed by atoms with E-state index in [0.717, 1.165) is 24.5 Å². The van der Waals surface area contributed by atoms with Crippen molar-refractivity contribution in [1.82, 2.24) is 0 Å². The number of benzene rings is 2. The van der Waals surface area contributed by atoms with E-state index in [2.05, 4.69) is 6.07 Å². The summed E-state index contributed by atoms with van der Waals surface area (Å²) in [4.78, 5) is -0.00463. The Morgan fingerprint density at radius 1 is 1.11 bits per heavy atom. The fourth-order valence-corrected chi connectivity index (χ4v) is 2.53. The van der Waals surface area contributed by atoms with Crippen molar-refractivity contribution >= 4 is 9.84 Å². The molecule has 0 aromatic heterocycles. The Hall–Kier alpha value is -1.75. The van der Waals surface area contributed by atoms with E-state index in [-0.39, 0.29) is 16.0 Å². The zero-order valence-corrected chi connectivity index (χ0v) is 10.3. The molecule has 0 amide bonds. The van der Waals surface area contributed by atoms with Gasteiger partial charge in [0.1, 0.15) is 11.6 Å². The van der Waals surface area contributed by atoms with Crippen LogP contribution in [0.1, 0.15) is 0 Å². The van der Waals surface area contributed by atoms with E-state index >= 15 is 0 Å². The Morgan fingerprint density at radius 3 is 2.28 bits per heavy atom. The van der Waals surface area contributed by atoms with E-state index in [9.17, 15) is 17.2 Å². The predicted molar refractivity (Wildman–Crippen MR) is 63.7 cm³/mol. The fourth-order valence-electron chi connectivity index (χ4n) is 1.65. The lowest BCUT2D eigenvalue weighted by molar-refractivity contribution is 0.583. The largest absolute Gasteiger partial charge is 0.224 e. The maximum absolute atomic E-state index is 13.1. The molecule has 0 saturated heterocycles. The summed E-state index contributed by atoms with van der Waals surface area (Å²) in [5.41, 5.74) is 0.312. The molecule has 0 aliphatic rings. The summed E-state index contributed by atoms with van der Waals surface area (Å²) in [6, 6.07) is 9.96. The second kappa shape index (κ2) is 4.49. The molecule has 93 valence electrons. The first-order valence-corrected chi connectivity index (χ1v) is 6.94. The highest BCUT2D eigenvalue weighted by Gasteiger charge is 2.15. The lowest BCUT2D eigenvalue weighted by atomic mass is 10.1. The molecule has 0 saturated carbocycles. The first-order valence-electron chi connectivity index (χ1n) is 5.05. The molecule has 0 fully saturated rings. The molecule has 2 aromatic rings. The average molecular weight is 267 g/mol. The summed E-state index contributed by atoms with van der Waals surface area (Å²) in [5, 5.41) is 0. The van der Waals surface area contributed by atoms with Crippen LogP contribution in [0, 0.1) is 17.7 Å². The Bertz CT molecular complexity index is 674. The summed E-state index contributed by atoms with van der Waals surface area (Å²) < 4.78 is 49.5. The number of sulfone groups is 1. The van der Waals surface area contributed by atoms with Gasteiger partial charge < -0.3 is 0 Å². The summed E-state index contributed by atoms with van der Waals surface area (Å²) in [7, 11) is -3.48. The number of halogens is 2. The van der Waals surface area contributed by atoms with Gasteiger partial charge in [-0.15, -0.1) is 0 Å². The normalized spacial score (nSPS) is 11.5. The zero-order chi connectivity index (χ0) is 13.3. The molecule has 0 heterocycles. The maximum atomic E-state index is 13.1. The lowest BCUT2D eigenvalue weighted by Crippen LogP contribution is -2.00. The van der Waals surface area contributed by atoms with Crippen LogP contribution < -0.4 is 0 Å². The molecule has 0 aliphatic carbocycles. The van der Waals surface area contributed by atoms with Gasteiger partial charge in [0.2, 0.25) is 0 Å². The molecule has 5 heteroatoms. The smallest absolute Gasteiger partial charge is 0.176 e. The minimum absolute atomic E-state index is 0.00463. The van der Waals surface area contributed by atoms with Crippen LogP contribution in [0.2, 0.25) is 0 Å². The highest BCUT2D eigenvalue weighted by Crippen LogP contribution is 2.27. The minimum Gasteiger partial charge on any atom is -0.224 e. The number of hydrogen-bond acceptors (Lipinski definition) is 2. The van der Waals surface area contributed by atoms with Crippen molar-refractivity contribution in [2.75, 3.05) is 6.26 Å². The standard InChI is InChI=1S/C13H9F2O2S/c1-18(16,17)13-5-3-2-4-12(13)9-6-10(14)8-11(15)7-9/h2-3,5-8H,1H3. The minimum atomic E-state index is -3.48. The third kappa shape index (κ3) is 2.56. The van der Waals surface area contributed by atoms with Crippen molar-refractivity contribution in [3.8, 4) is 11.1 Å². The molecule has 2 nitrogen and oxygen atoms in total. The molecule has 0 N–H and O–H groups in total. The fraction of sp³-hybridized carbons (Fsp3) is 0.0769. The van der Waals surface area contributed by atoms with E-state index in [4.69, 9.17) is 0 Å². The van der Waals surface area contributed by atoms with Gasteiger partial charge in [-0.25, -0.2) is 17.2 Å². The molecule has 2 aromatic carbocycles. The topological polar surface area (TPSA) is 34.1 Å². The second-order valence-corrected chi connectivity index (χ2v) is 5.82. The third-order valence-electron chi connectivity index (χ3n) is 2.37. The summed E-state index contributed by atoms with van der Waals surface area (Å²) in [6.07, 6.45) is 1.04. The molecule has 0 bridgehead atoms. The Morgan fingerprint density at radius 2 is 1.72 bits per heavy atom. The average Bonchev–Trinajstić information content (AvgIpc) is 2.26. The summed E-state index contributed by atoms with van der Waals surface area (Å²) in [5.74, 6) is -1.52. The van der Waals surface area contributed by atoms with Crippen molar-refractivity contribution in [2.45, 2.75) is 4.90 Å². The van der Waals surface area contributed by atoms with Crippen molar-refractivity contribution in [3.05, 3.63) is 54.1 Å². The van der Waals surface area contributed by atoms with Crippen LogP contribution in [0.5, 0.6) is 0 Å². The van der Waals surface area contributed by atoms with Gasteiger partial charge in [0.05, 0.1) is 4.90 Å². The second-order valence-electron chi connectivity index (χ2n) is 3.84. The van der Waals surface area contributed by atoms with E-state index in [0.29, 0.717) is 0 Å². The highest BCUT2D eigenvalue weighted by molar-refractivity contribution is 7.90. The van der Waals surface area contributed by atoms with E-state index < -0.39 is 21.5 Å². The number of rotatable bonds is 2. The zero-order valence-electron chi connectivity index (χ0n) is 9.44. The van der Waals surface area contributed by atoms with Crippen molar-refractivity contribution in [3.63, 3.8) is 0 Å². The van der Waals surface area contributed by atoms with Gasteiger partial charge in [-0.05, 0) is 29.8 Å². The third-order valence-corrected chi connectivity index (χ3v) is 3.51. The molecule has 2 rings (SSSR count). The van der Waals surface area contributed by atoms with Gasteiger partial charge in [0, 0.05) is 17.9 Å².